The second-order valence-electron chi connectivity index (χ2n) is 11.0. The van der Waals surface area contributed by atoms with Crippen LogP contribution in [0.2, 0.25) is 0 Å². The van der Waals surface area contributed by atoms with Crippen LogP contribution >= 0.6 is 0 Å². The topological polar surface area (TPSA) is 174 Å². The molecule has 0 bridgehead atoms. The Hall–Kier alpha value is -2.80. The number of nitrogens with two attached hydrogens (primary N) is 2. The van der Waals surface area contributed by atoms with Crippen LogP contribution in [0.5, 0.6) is 0 Å². The van der Waals surface area contributed by atoms with Gasteiger partial charge in [0.05, 0.1) is 11.9 Å². The Morgan fingerprint density at radius 3 is 2.70 bits per heavy atom. The summed E-state index contributed by atoms with van der Waals surface area (Å²) in [6.45, 7) is 6.05. The smallest absolute Gasteiger partial charge is 0.323 e. The first-order valence-electron chi connectivity index (χ1n) is 12.9. The first-order valence-corrected chi connectivity index (χ1v) is 12.9. The molecule has 2 fully saturated rings. The number of hydrogen-bond acceptors (Lipinski definition) is 11. The zero-order chi connectivity index (χ0) is 26.6. The molecule has 202 valence electrons. The van der Waals surface area contributed by atoms with Gasteiger partial charge in [-0.3, -0.25) is 4.79 Å². The predicted octanol–water partition coefficient (Wildman–Crippen LogP) is 0.422. The largest absolute Gasteiger partial charge is 0.461 e. The van der Waals surface area contributed by atoms with E-state index in [4.69, 9.17) is 30.9 Å². The Morgan fingerprint density at radius 1 is 1.35 bits per heavy atom. The minimum atomic E-state index is -1.32. The van der Waals surface area contributed by atoms with Crippen LogP contribution in [0.15, 0.2) is 11.3 Å². The van der Waals surface area contributed by atoms with Gasteiger partial charge in [0.2, 0.25) is 0 Å². The van der Waals surface area contributed by atoms with E-state index in [9.17, 15) is 15.0 Å². The maximum Gasteiger partial charge on any atom is 0.323 e. The van der Waals surface area contributed by atoms with Gasteiger partial charge in [-0.05, 0) is 31.1 Å². The van der Waals surface area contributed by atoms with Crippen LogP contribution in [0.1, 0.15) is 57.3 Å². The van der Waals surface area contributed by atoms with Crippen molar-refractivity contribution >= 4 is 28.7 Å². The van der Waals surface area contributed by atoms with Crippen molar-refractivity contribution in [2.24, 2.45) is 28.4 Å². The zero-order valence-electron chi connectivity index (χ0n) is 21.8. The van der Waals surface area contributed by atoms with Crippen LogP contribution in [0.3, 0.4) is 0 Å². The number of amidine groups is 1. The lowest BCUT2D eigenvalue weighted by atomic mass is 9.90. The average molecular weight is 516 g/mol. The molecule has 5 unspecified atom stereocenters. The average Bonchev–Trinajstić information content (AvgIpc) is 3.25. The Kier molecular flexibility index (Phi) is 6.63. The molecule has 6 N–H and O–H groups in total. The van der Waals surface area contributed by atoms with Gasteiger partial charge in [-0.15, -0.1) is 0 Å². The number of anilines is 1. The van der Waals surface area contributed by atoms with Crippen LogP contribution in [0, 0.1) is 11.8 Å². The SMILES string of the molecule is CC(C)C(N)C(=O)OCC1(C(O)C(O)Cn2cc3c4c(nc([C@@H]5CC5C)nc42)N(C)N=C3N)CCCO1. The molecule has 0 aromatic carbocycles. The number of esters is 1. The van der Waals surface area contributed by atoms with Crippen molar-refractivity contribution < 1.29 is 24.5 Å². The van der Waals surface area contributed by atoms with Crippen molar-refractivity contribution in [3.63, 3.8) is 0 Å². The van der Waals surface area contributed by atoms with Gasteiger partial charge in [0.15, 0.2) is 11.7 Å². The van der Waals surface area contributed by atoms with Crippen molar-refractivity contribution in [2.45, 2.75) is 76.3 Å². The third kappa shape index (κ3) is 4.56. The lowest BCUT2D eigenvalue weighted by Crippen LogP contribution is -2.54. The van der Waals surface area contributed by atoms with Crippen LogP contribution in [-0.4, -0.2) is 80.7 Å². The third-order valence-electron chi connectivity index (χ3n) is 7.87. The van der Waals surface area contributed by atoms with E-state index in [-0.39, 0.29) is 25.0 Å². The second-order valence-corrected chi connectivity index (χ2v) is 11.0. The number of carbonyl (C=O) groups excluding carboxylic acids is 1. The number of carbonyl (C=O) groups is 1. The highest BCUT2D eigenvalue weighted by Gasteiger charge is 2.47. The standard InChI is InChI=1S/C25H37N7O5/c1-12(2)18(26)24(35)36-11-25(6-5-7-37-25)19(34)16(33)10-32-9-15-17-22(31(4)30-20(15)27)28-21(29-23(17)32)14-8-13(14)3/h9,12-14,16,18-19,33-34H,5-8,10-11,26H2,1-4H3,(H2,27,30)/t13?,14-,16?,18?,19?,25?/m1/s1. The summed E-state index contributed by atoms with van der Waals surface area (Å²) >= 11 is 0. The van der Waals surface area contributed by atoms with E-state index in [1.807, 2.05) is 13.8 Å². The summed E-state index contributed by atoms with van der Waals surface area (Å²) in [6.07, 6.45) is 1.36. The first-order chi connectivity index (χ1) is 17.5. The molecular formula is C25H37N7O5. The second kappa shape index (κ2) is 9.50. The molecule has 1 saturated carbocycles. The molecule has 0 spiro atoms. The first kappa shape index (κ1) is 25.8. The molecule has 2 aromatic rings. The van der Waals surface area contributed by atoms with Crippen molar-refractivity contribution in [2.75, 3.05) is 25.3 Å². The van der Waals surface area contributed by atoms with E-state index in [1.165, 1.54) is 0 Å². The summed E-state index contributed by atoms with van der Waals surface area (Å²) < 4.78 is 13.1. The number of aliphatic hydroxyl groups excluding tert-OH is 2. The highest BCUT2D eigenvalue weighted by Crippen LogP contribution is 2.47. The van der Waals surface area contributed by atoms with Gasteiger partial charge < -0.3 is 35.7 Å². The van der Waals surface area contributed by atoms with Gasteiger partial charge in [0.25, 0.3) is 0 Å². The molecule has 12 heteroatoms. The number of aromatic nitrogens is 3. The fourth-order valence-corrected chi connectivity index (χ4v) is 5.23. The maximum atomic E-state index is 12.4. The number of aliphatic hydroxyl groups is 2. The van der Waals surface area contributed by atoms with Crippen LogP contribution < -0.4 is 16.5 Å². The molecule has 37 heavy (non-hydrogen) atoms. The molecule has 0 radical (unpaired) electrons. The van der Waals surface area contributed by atoms with Crippen LogP contribution in [0.25, 0.3) is 11.0 Å². The van der Waals surface area contributed by atoms with Crippen LogP contribution in [0.4, 0.5) is 5.82 Å². The molecule has 2 aromatic heterocycles. The van der Waals surface area contributed by atoms with E-state index in [0.717, 1.165) is 17.6 Å². The van der Waals surface area contributed by atoms with E-state index in [0.29, 0.717) is 48.2 Å². The zero-order valence-corrected chi connectivity index (χ0v) is 21.8. The quantitative estimate of drug-likeness (QED) is 0.343. The van der Waals surface area contributed by atoms with Crippen molar-refractivity contribution in [1.82, 2.24) is 14.5 Å². The Balaban J connectivity index is 1.41. The molecule has 6 atom stereocenters. The van der Waals surface area contributed by atoms with Crippen LogP contribution in [-0.2, 0) is 20.8 Å². The molecule has 1 aliphatic carbocycles. The van der Waals surface area contributed by atoms with Gasteiger partial charge in [-0.1, -0.05) is 20.8 Å². The Labute approximate surface area is 215 Å². The van der Waals surface area contributed by atoms with Gasteiger partial charge in [-0.25, -0.2) is 15.0 Å². The third-order valence-corrected chi connectivity index (χ3v) is 7.87. The van der Waals surface area contributed by atoms with Gasteiger partial charge in [0, 0.05) is 31.3 Å². The summed E-state index contributed by atoms with van der Waals surface area (Å²) in [4.78, 5) is 22.0. The number of hydrazone groups is 1. The van der Waals surface area contributed by atoms with E-state index < -0.39 is 29.8 Å². The summed E-state index contributed by atoms with van der Waals surface area (Å²) in [5.74, 6) is 1.87. The molecule has 5 rings (SSSR count). The maximum absolute atomic E-state index is 12.4. The van der Waals surface area contributed by atoms with Crippen molar-refractivity contribution in [1.29, 1.82) is 0 Å². The highest BCUT2D eigenvalue weighted by molar-refractivity contribution is 6.14. The highest BCUT2D eigenvalue weighted by atomic mass is 16.6. The fraction of sp³-hybridized carbons (Fsp3) is 0.680. The van der Waals surface area contributed by atoms with E-state index in [1.54, 1.807) is 22.8 Å². The monoisotopic (exact) mass is 515 g/mol. The molecular weight excluding hydrogens is 478 g/mol. The van der Waals surface area contributed by atoms with Gasteiger partial charge in [-0.2, -0.15) is 5.10 Å². The lowest BCUT2D eigenvalue weighted by Gasteiger charge is -2.36. The summed E-state index contributed by atoms with van der Waals surface area (Å²) in [7, 11) is 1.79. The predicted molar refractivity (Wildman–Crippen MR) is 137 cm³/mol. The molecule has 4 heterocycles. The number of nitrogens with zero attached hydrogens (tertiary/aromatic N) is 5. The van der Waals surface area contributed by atoms with Gasteiger partial charge >= 0.3 is 5.97 Å². The minimum Gasteiger partial charge on any atom is -0.461 e. The minimum absolute atomic E-state index is 0.0232. The summed E-state index contributed by atoms with van der Waals surface area (Å²) in [5, 5.41) is 29.3. The van der Waals surface area contributed by atoms with Gasteiger partial charge in [0.1, 0.15) is 41.9 Å². The van der Waals surface area contributed by atoms with E-state index >= 15 is 0 Å². The summed E-state index contributed by atoms with van der Waals surface area (Å²) in [5.41, 5.74) is 12.2. The van der Waals surface area contributed by atoms with Crippen molar-refractivity contribution in [3.8, 4) is 0 Å². The Bertz CT molecular complexity index is 1220. The van der Waals surface area contributed by atoms with Crippen molar-refractivity contribution in [3.05, 3.63) is 17.6 Å². The van der Waals surface area contributed by atoms with E-state index in [2.05, 4.69) is 12.0 Å². The molecule has 3 aliphatic rings. The normalized spacial score (nSPS) is 27.4. The number of hydrogen-bond donors (Lipinski definition) is 4. The number of rotatable bonds is 9. The lowest BCUT2D eigenvalue weighted by molar-refractivity contribution is -0.178. The molecule has 1 saturated heterocycles. The molecule has 0 amide bonds. The number of ether oxygens (including phenoxy) is 2. The Morgan fingerprint density at radius 2 is 2.08 bits per heavy atom. The molecule has 2 aliphatic heterocycles. The molecule has 12 nitrogen and oxygen atoms in total. The fourth-order valence-electron chi connectivity index (χ4n) is 5.23. The summed E-state index contributed by atoms with van der Waals surface area (Å²) in [6, 6.07) is -0.776.